The highest BCUT2D eigenvalue weighted by Crippen LogP contribution is 2.34. The number of para-hydroxylation sites is 2. The molecule has 14 nitrogen and oxygen atoms in total. The molecule has 2 aromatic rings. The van der Waals surface area contributed by atoms with Crippen molar-refractivity contribution in [2.75, 3.05) is 17.2 Å². The van der Waals surface area contributed by atoms with Crippen LogP contribution < -0.4 is 32.3 Å². The number of nitrogens with one attached hydrogen (secondary N) is 5. The lowest BCUT2D eigenvalue weighted by atomic mass is 9.77. The molecule has 6 amide bonds. The van der Waals surface area contributed by atoms with E-state index in [4.69, 9.17) is 15.2 Å². The summed E-state index contributed by atoms with van der Waals surface area (Å²) in [5.74, 6) is -1.81. The van der Waals surface area contributed by atoms with Crippen molar-refractivity contribution in [3.8, 4) is 0 Å². The number of hydrogen-bond acceptors (Lipinski definition) is 8. The van der Waals surface area contributed by atoms with Gasteiger partial charge >= 0.3 is 18.2 Å². The van der Waals surface area contributed by atoms with Gasteiger partial charge in [0.25, 0.3) is 5.91 Å². The number of carbonyl (C=O) groups excluding carboxylic acids is 5. The van der Waals surface area contributed by atoms with Crippen LogP contribution in [0.5, 0.6) is 0 Å². The van der Waals surface area contributed by atoms with Crippen LogP contribution in [0.2, 0.25) is 0 Å². The van der Waals surface area contributed by atoms with Gasteiger partial charge in [-0.1, -0.05) is 55.7 Å². The minimum absolute atomic E-state index is 0.0745. The molecule has 0 bridgehead atoms. The Kier molecular flexibility index (Phi) is 11.0. The predicted octanol–water partition coefficient (Wildman–Crippen LogP) is 2.35. The van der Waals surface area contributed by atoms with E-state index in [0.717, 1.165) is 32.1 Å². The number of nitrogens with two attached hydrogens (primary N) is 1. The molecule has 0 heterocycles. The monoisotopic (exact) mass is 610 g/mol. The Morgan fingerprint density at radius 2 is 1.36 bits per heavy atom. The van der Waals surface area contributed by atoms with Crippen LogP contribution in [-0.2, 0) is 19.1 Å². The van der Waals surface area contributed by atoms with Crippen molar-refractivity contribution in [1.29, 1.82) is 0 Å². The highest BCUT2D eigenvalue weighted by molar-refractivity contribution is 5.90. The molecule has 0 aromatic heterocycles. The molecule has 2 saturated carbocycles. The Morgan fingerprint density at radius 1 is 0.795 bits per heavy atom. The van der Waals surface area contributed by atoms with E-state index in [9.17, 15) is 29.1 Å². The fourth-order valence-electron chi connectivity index (χ4n) is 5.43. The summed E-state index contributed by atoms with van der Waals surface area (Å²) in [5, 5.41) is 24.5. The molecule has 4 rings (SSSR count). The zero-order valence-electron chi connectivity index (χ0n) is 24.1. The van der Waals surface area contributed by atoms with Crippen molar-refractivity contribution in [2.45, 2.75) is 74.8 Å². The van der Waals surface area contributed by atoms with Crippen molar-refractivity contribution in [3.63, 3.8) is 0 Å². The van der Waals surface area contributed by atoms with Crippen LogP contribution in [0, 0.1) is 0 Å². The first-order valence-electron chi connectivity index (χ1n) is 14.5. The smallest absolute Gasteiger partial charge is 0.412 e. The maximum Gasteiger partial charge on any atom is 0.412 e. The lowest BCUT2D eigenvalue weighted by Gasteiger charge is -2.44. The zero-order valence-corrected chi connectivity index (χ0v) is 24.1. The summed E-state index contributed by atoms with van der Waals surface area (Å²) in [6.45, 7) is -0.555. The topological polar surface area (TPSA) is 210 Å². The second kappa shape index (κ2) is 15.0. The summed E-state index contributed by atoms with van der Waals surface area (Å²) in [6, 6.07) is 15.0. The molecule has 2 aromatic carbocycles. The highest BCUT2D eigenvalue weighted by Gasteiger charge is 2.53. The third-order valence-corrected chi connectivity index (χ3v) is 7.50. The SMILES string of the molecule is NC(=O)CNC(=O)[C@]1(O)C[C@H](NC(=O)NC2CCCCC2)[C@@H](OC(=O)Nc2ccccc2)[C@H](OC(=O)Nc2ccccc2)C1. The molecule has 0 spiro atoms. The third kappa shape index (κ3) is 9.33. The minimum atomic E-state index is -2.24. The zero-order chi connectivity index (χ0) is 31.5. The van der Waals surface area contributed by atoms with Gasteiger partial charge in [-0.3, -0.25) is 20.2 Å². The van der Waals surface area contributed by atoms with E-state index in [2.05, 4.69) is 26.6 Å². The summed E-state index contributed by atoms with van der Waals surface area (Å²) in [5.41, 5.74) is 3.75. The van der Waals surface area contributed by atoms with Gasteiger partial charge in [0.1, 0.15) is 11.7 Å². The molecular formula is C30H38N6O8. The van der Waals surface area contributed by atoms with Gasteiger partial charge in [0.05, 0.1) is 12.6 Å². The first kappa shape index (κ1) is 32.1. The first-order chi connectivity index (χ1) is 21.1. The van der Waals surface area contributed by atoms with Crippen LogP contribution in [0.15, 0.2) is 60.7 Å². The Bertz CT molecular complexity index is 1310. The lowest BCUT2D eigenvalue weighted by Crippen LogP contribution is -2.65. The molecule has 8 N–H and O–H groups in total. The number of urea groups is 1. The van der Waals surface area contributed by atoms with Gasteiger partial charge in [-0.05, 0) is 37.1 Å². The van der Waals surface area contributed by atoms with Gasteiger partial charge in [0, 0.05) is 30.3 Å². The standard InChI is InChI=1S/C30H38N6O8/c31-24(37)18-32-26(38)30(42)16-22(36-27(39)33-19-10-4-1-5-11-19)25(44-29(41)35-21-14-8-3-9-15-21)23(17-30)43-28(40)34-20-12-6-2-7-13-20/h2-3,6-9,12-15,19,22-23,25,42H,1,4-5,10-11,16-18H2,(H2,31,37)(H,32,38)(H,34,40)(H,35,41)(H2,33,36,39)/t22-,23+,25+,30-/m0/s1. The predicted molar refractivity (Wildman–Crippen MR) is 159 cm³/mol. The van der Waals surface area contributed by atoms with E-state index in [1.54, 1.807) is 60.7 Å². The van der Waals surface area contributed by atoms with Crippen LogP contribution in [0.4, 0.5) is 25.8 Å². The molecule has 44 heavy (non-hydrogen) atoms. The number of ether oxygens (including phenoxy) is 2. The van der Waals surface area contributed by atoms with E-state index >= 15 is 0 Å². The number of primary amides is 1. The first-order valence-corrected chi connectivity index (χ1v) is 14.5. The summed E-state index contributed by atoms with van der Waals surface area (Å²) >= 11 is 0. The molecule has 0 radical (unpaired) electrons. The summed E-state index contributed by atoms with van der Waals surface area (Å²) in [7, 11) is 0. The molecule has 14 heteroatoms. The highest BCUT2D eigenvalue weighted by atomic mass is 16.6. The Labute approximate surface area is 254 Å². The number of rotatable bonds is 9. The maximum absolute atomic E-state index is 13.1. The second-order valence-electron chi connectivity index (χ2n) is 10.9. The molecule has 2 fully saturated rings. The van der Waals surface area contributed by atoms with Crippen LogP contribution >= 0.6 is 0 Å². The fourth-order valence-corrected chi connectivity index (χ4v) is 5.43. The number of aliphatic hydroxyl groups is 1. The quantitative estimate of drug-likeness (QED) is 0.223. The lowest BCUT2D eigenvalue weighted by molar-refractivity contribution is -0.157. The minimum Gasteiger partial charge on any atom is -0.442 e. The van der Waals surface area contributed by atoms with Crippen molar-refractivity contribution in [2.24, 2.45) is 5.73 Å². The molecule has 0 unspecified atom stereocenters. The van der Waals surface area contributed by atoms with Crippen LogP contribution in [0.3, 0.4) is 0 Å². The van der Waals surface area contributed by atoms with Crippen molar-refractivity contribution < 1.29 is 38.6 Å². The third-order valence-electron chi connectivity index (χ3n) is 7.50. The largest absolute Gasteiger partial charge is 0.442 e. The Hall–Kier alpha value is -4.85. The van der Waals surface area contributed by atoms with E-state index < -0.39 is 73.3 Å². The van der Waals surface area contributed by atoms with Gasteiger partial charge in [-0.2, -0.15) is 0 Å². The molecule has 4 atom stereocenters. The molecule has 0 saturated heterocycles. The average Bonchev–Trinajstić information content (AvgIpc) is 2.99. The van der Waals surface area contributed by atoms with Gasteiger partial charge in [-0.15, -0.1) is 0 Å². The van der Waals surface area contributed by atoms with Gasteiger partial charge in [-0.25, -0.2) is 14.4 Å². The summed E-state index contributed by atoms with van der Waals surface area (Å²) in [4.78, 5) is 63.5. The number of anilines is 2. The van der Waals surface area contributed by atoms with Crippen LogP contribution in [0.25, 0.3) is 0 Å². The summed E-state index contributed by atoms with van der Waals surface area (Å²) in [6.07, 6.45) is -0.980. The molecule has 2 aliphatic carbocycles. The molecule has 2 aliphatic rings. The van der Waals surface area contributed by atoms with E-state index in [0.29, 0.717) is 11.4 Å². The van der Waals surface area contributed by atoms with Gasteiger partial charge < -0.3 is 36.3 Å². The Balaban J connectivity index is 1.59. The number of hydrogen-bond donors (Lipinski definition) is 7. The van der Waals surface area contributed by atoms with E-state index in [1.807, 2.05) is 0 Å². The van der Waals surface area contributed by atoms with Crippen LogP contribution in [-0.4, -0.2) is 71.6 Å². The number of benzene rings is 2. The second-order valence-corrected chi connectivity index (χ2v) is 10.9. The van der Waals surface area contributed by atoms with Gasteiger partial charge in [0.15, 0.2) is 6.10 Å². The number of carbonyl (C=O) groups is 5. The normalized spacial score (nSPS) is 23.3. The van der Waals surface area contributed by atoms with Crippen LogP contribution in [0.1, 0.15) is 44.9 Å². The Morgan fingerprint density at radius 3 is 1.93 bits per heavy atom. The molecular weight excluding hydrogens is 572 g/mol. The van der Waals surface area contributed by atoms with E-state index in [1.165, 1.54) is 0 Å². The molecule has 0 aliphatic heterocycles. The summed E-state index contributed by atoms with van der Waals surface area (Å²) < 4.78 is 11.4. The van der Waals surface area contributed by atoms with Crippen molar-refractivity contribution in [1.82, 2.24) is 16.0 Å². The van der Waals surface area contributed by atoms with Crippen molar-refractivity contribution >= 4 is 41.4 Å². The van der Waals surface area contributed by atoms with Gasteiger partial charge in [0.2, 0.25) is 5.91 Å². The van der Waals surface area contributed by atoms with Crippen molar-refractivity contribution in [3.05, 3.63) is 60.7 Å². The van der Waals surface area contributed by atoms with E-state index in [-0.39, 0.29) is 6.04 Å². The number of amides is 6. The maximum atomic E-state index is 13.1. The fraction of sp³-hybridized carbons (Fsp3) is 0.433. The molecule has 236 valence electrons. The average molecular weight is 611 g/mol.